The first-order valence-electron chi connectivity index (χ1n) is 6.82. The van der Waals surface area contributed by atoms with Crippen molar-refractivity contribution in [1.29, 1.82) is 5.26 Å². The number of aromatic nitrogens is 2. The molecule has 0 atom stereocenters. The van der Waals surface area contributed by atoms with Crippen LogP contribution >= 0.6 is 0 Å². The third-order valence-electron chi connectivity index (χ3n) is 2.81. The van der Waals surface area contributed by atoms with E-state index in [2.05, 4.69) is 21.2 Å². The molecular formula is C16H15FN4O. The maximum atomic E-state index is 12.2. The molecule has 0 fully saturated rings. The molecule has 0 aliphatic carbocycles. The molecule has 5 nitrogen and oxygen atoms in total. The molecule has 0 radical (unpaired) electrons. The molecule has 2 rings (SSSR count). The summed E-state index contributed by atoms with van der Waals surface area (Å²) in [6.07, 6.45) is 3.65. The van der Waals surface area contributed by atoms with Gasteiger partial charge in [0.15, 0.2) is 0 Å². The lowest BCUT2D eigenvalue weighted by Gasteiger charge is -1.98. The van der Waals surface area contributed by atoms with Gasteiger partial charge in [-0.3, -0.25) is 4.99 Å². The predicted molar refractivity (Wildman–Crippen MR) is 81.9 cm³/mol. The molecule has 1 heterocycles. The molecule has 0 N–H and O–H groups in total. The molecule has 2 aromatic rings. The Labute approximate surface area is 127 Å². The van der Waals surface area contributed by atoms with E-state index in [1.54, 1.807) is 18.2 Å². The van der Waals surface area contributed by atoms with Crippen LogP contribution in [0.5, 0.6) is 0 Å². The van der Waals surface area contributed by atoms with Crippen LogP contribution in [0, 0.1) is 18.3 Å². The van der Waals surface area contributed by atoms with E-state index in [-0.39, 0.29) is 0 Å². The lowest BCUT2D eigenvalue weighted by molar-refractivity contribution is 0.428. The molecule has 0 spiro atoms. The molecule has 0 saturated heterocycles. The van der Waals surface area contributed by atoms with Gasteiger partial charge in [0, 0.05) is 11.8 Å². The highest BCUT2D eigenvalue weighted by Gasteiger charge is 2.13. The Balaban J connectivity index is 2.39. The van der Waals surface area contributed by atoms with Gasteiger partial charge in [0.1, 0.15) is 12.4 Å². The number of aliphatic imine (C=N–C) groups is 1. The molecule has 1 aromatic heterocycles. The van der Waals surface area contributed by atoms with E-state index in [4.69, 9.17) is 9.78 Å². The Hall–Kier alpha value is -2.81. The zero-order valence-electron chi connectivity index (χ0n) is 12.4. The number of nitrogens with zero attached hydrogens (tertiary/aromatic N) is 4. The number of hydrogen-bond acceptors (Lipinski definition) is 5. The second-order valence-electron chi connectivity index (χ2n) is 4.59. The summed E-state index contributed by atoms with van der Waals surface area (Å²) >= 11 is 0. The Morgan fingerprint density at radius 2 is 2.27 bits per heavy atom. The molecule has 0 aliphatic rings. The van der Waals surface area contributed by atoms with Gasteiger partial charge in [-0.15, -0.1) is 0 Å². The smallest absolute Gasteiger partial charge is 0.258 e. The average Bonchev–Trinajstić information content (AvgIpc) is 3.00. The van der Waals surface area contributed by atoms with Crippen LogP contribution in [0.1, 0.15) is 30.3 Å². The van der Waals surface area contributed by atoms with Crippen molar-refractivity contribution in [3.63, 3.8) is 0 Å². The summed E-state index contributed by atoms with van der Waals surface area (Å²) in [6, 6.07) is 7.39. The van der Waals surface area contributed by atoms with Crippen molar-refractivity contribution in [2.45, 2.75) is 20.3 Å². The van der Waals surface area contributed by atoms with Gasteiger partial charge in [-0.25, -0.2) is 4.39 Å². The van der Waals surface area contributed by atoms with Crippen molar-refractivity contribution in [3.05, 3.63) is 41.2 Å². The summed E-state index contributed by atoms with van der Waals surface area (Å²) < 4.78 is 17.5. The highest BCUT2D eigenvalue weighted by atomic mass is 19.1. The normalized spacial score (nSPS) is 11.8. The number of benzene rings is 1. The number of hydrogen-bond donors (Lipinski definition) is 0. The Morgan fingerprint density at radius 1 is 1.45 bits per heavy atom. The third-order valence-corrected chi connectivity index (χ3v) is 2.81. The first kappa shape index (κ1) is 15.6. The van der Waals surface area contributed by atoms with Crippen LogP contribution in [0.3, 0.4) is 0 Å². The number of aryl methyl sites for hydroxylation is 1. The molecule has 0 bridgehead atoms. The molecule has 6 heteroatoms. The maximum absolute atomic E-state index is 12.2. The quantitative estimate of drug-likeness (QED) is 0.788. The van der Waals surface area contributed by atoms with E-state index in [0.29, 0.717) is 35.0 Å². The van der Waals surface area contributed by atoms with Crippen molar-refractivity contribution in [2.75, 3.05) is 6.67 Å². The van der Waals surface area contributed by atoms with Gasteiger partial charge in [0.25, 0.3) is 5.89 Å². The first-order valence-corrected chi connectivity index (χ1v) is 6.82. The van der Waals surface area contributed by atoms with E-state index in [1.165, 1.54) is 0 Å². The van der Waals surface area contributed by atoms with Gasteiger partial charge < -0.3 is 4.52 Å². The summed E-state index contributed by atoms with van der Waals surface area (Å²) in [6.45, 7) is 3.16. The van der Waals surface area contributed by atoms with Crippen molar-refractivity contribution < 1.29 is 8.91 Å². The van der Waals surface area contributed by atoms with Crippen molar-refractivity contribution in [1.82, 2.24) is 10.1 Å². The van der Waals surface area contributed by atoms with Crippen molar-refractivity contribution >= 4 is 11.9 Å². The van der Waals surface area contributed by atoms with Gasteiger partial charge in [0.2, 0.25) is 5.82 Å². The summed E-state index contributed by atoms with van der Waals surface area (Å²) in [5, 5.41) is 12.9. The minimum atomic E-state index is -0.658. The van der Waals surface area contributed by atoms with Gasteiger partial charge in [-0.2, -0.15) is 10.2 Å². The molecule has 22 heavy (non-hydrogen) atoms. The van der Waals surface area contributed by atoms with E-state index in [0.717, 1.165) is 11.8 Å². The SMILES string of the molecule is CC/C=C(\N=CCF)c1noc(-c2cc(C)cc(C#N)c2)n1. The summed E-state index contributed by atoms with van der Waals surface area (Å²) in [5.41, 5.74) is 2.58. The summed E-state index contributed by atoms with van der Waals surface area (Å²) in [5.74, 6) is 0.592. The van der Waals surface area contributed by atoms with Crippen LogP contribution in [-0.4, -0.2) is 23.0 Å². The zero-order valence-corrected chi connectivity index (χ0v) is 12.4. The highest BCUT2D eigenvalue weighted by molar-refractivity contribution is 5.72. The topological polar surface area (TPSA) is 75.1 Å². The number of nitriles is 1. The number of allylic oxidation sites excluding steroid dienone is 1. The van der Waals surface area contributed by atoms with Crippen molar-refractivity contribution in [3.8, 4) is 17.5 Å². The summed E-state index contributed by atoms with van der Waals surface area (Å²) in [7, 11) is 0. The molecule has 0 saturated carbocycles. The van der Waals surface area contributed by atoms with Crippen molar-refractivity contribution in [2.24, 2.45) is 4.99 Å². The largest absolute Gasteiger partial charge is 0.334 e. The second-order valence-corrected chi connectivity index (χ2v) is 4.59. The molecular weight excluding hydrogens is 283 g/mol. The monoisotopic (exact) mass is 298 g/mol. The van der Waals surface area contributed by atoms with E-state index >= 15 is 0 Å². The number of alkyl halides is 1. The maximum Gasteiger partial charge on any atom is 0.258 e. The minimum Gasteiger partial charge on any atom is -0.334 e. The van der Waals surface area contributed by atoms with E-state index in [1.807, 2.05) is 19.9 Å². The zero-order chi connectivity index (χ0) is 15.9. The number of halogens is 1. The molecule has 0 aliphatic heterocycles. The fourth-order valence-electron chi connectivity index (χ4n) is 1.94. The van der Waals surface area contributed by atoms with Crippen LogP contribution in [0.15, 0.2) is 33.8 Å². The fourth-order valence-corrected chi connectivity index (χ4v) is 1.94. The average molecular weight is 298 g/mol. The second kappa shape index (κ2) is 7.27. The first-order chi connectivity index (χ1) is 10.7. The van der Waals surface area contributed by atoms with Gasteiger partial charge in [0.05, 0.1) is 11.6 Å². The van der Waals surface area contributed by atoms with E-state index < -0.39 is 6.67 Å². The fraction of sp³-hybridized carbons (Fsp3) is 0.250. The Kier molecular flexibility index (Phi) is 5.15. The van der Waals surface area contributed by atoms with Gasteiger partial charge >= 0.3 is 0 Å². The third kappa shape index (κ3) is 3.64. The molecule has 0 amide bonds. The minimum absolute atomic E-state index is 0.293. The highest BCUT2D eigenvalue weighted by Crippen LogP contribution is 2.23. The molecule has 0 unspecified atom stereocenters. The van der Waals surface area contributed by atoms with Crippen LogP contribution < -0.4 is 0 Å². The van der Waals surface area contributed by atoms with Crippen LogP contribution in [0.4, 0.5) is 4.39 Å². The van der Waals surface area contributed by atoms with Crippen LogP contribution in [-0.2, 0) is 0 Å². The summed E-state index contributed by atoms with van der Waals surface area (Å²) in [4.78, 5) is 8.26. The van der Waals surface area contributed by atoms with Crippen LogP contribution in [0.25, 0.3) is 17.2 Å². The van der Waals surface area contributed by atoms with Crippen LogP contribution in [0.2, 0.25) is 0 Å². The Bertz CT molecular complexity index is 756. The van der Waals surface area contributed by atoms with Gasteiger partial charge in [-0.1, -0.05) is 18.2 Å². The lowest BCUT2D eigenvalue weighted by atomic mass is 10.1. The standard InChI is InChI=1S/C16H15FN4O/c1-3-4-14(19-6-5-17)15-20-16(22-21-15)13-8-11(2)7-12(9-13)10-18/h4,6-9H,3,5H2,1-2H3/b14-4-,19-6?. The Morgan fingerprint density at radius 3 is 2.95 bits per heavy atom. The number of rotatable bonds is 5. The lowest BCUT2D eigenvalue weighted by Crippen LogP contribution is -1.88. The van der Waals surface area contributed by atoms with E-state index in [9.17, 15) is 4.39 Å². The predicted octanol–water partition coefficient (Wildman–Crippen LogP) is 3.71. The molecule has 1 aromatic carbocycles. The molecule has 112 valence electrons. The van der Waals surface area contributed by atoms with Gasteiger partial charge in [-0.05, 0) is 37.1 Å².